The standard InChI is InChI=1S/C22H27N5O5S/c1-15-19(16(2)32-24-15)33(30,31)26-11-9-25(10-12-26)14-27-20(28)22(23-21(27)29)8-7-17-5-3-4-6-18(17)13-22/h3-6H,7-14H2,1-2H3,(H,23,29). The lowest BCUT2D eigenvalue weighted by Gasteiger charge is -2.36. The monoisotopic (exact) mass is 473 g/mol. The van der Waals surface area contributed by atoms with Crippen molar-refractivity contribution in [2.24, 2.45) is 0 Å². The second-order valence-electron chi connectivity index (χ2n) is 9.01. The van der Waals surface area contributed by atoms with Gasteiger partial charge in [0, 0.05) is 32.6 Å². The molecule has 3 heterocycles. The molecular formula is C22H27N5O5S. The van der Waals surface area contributed by atoms with Gasteiger partial charge in [-0.05, 0) is 37.8 Å². The van der Waals surface area contributed by atoms with Crippen molar-refractivity contribution in [3.63, 3.8) is 0 Å². The predicted molar refractivity (Wildman–Crippen MR) is 118 cm³/mol. The number of fused-ring (bicyclic) bond motifs is 1. The van der Waals surface area contributed by atoms with Crippen LogP contribution in [0.5, 0.6) is 0 Å². The molecular weight excluding hydrogens is 446 g/mol. The number of piperazine rings is 1. The first-order chi connectivity index (χ1) is 15.7. The van der Waals surface area contributed by atoms with Crippen LogP contribution < -0.4 is 5.32 Å². The highest BCUT2D eigenvalue weighted by Gasteiger charge is 2.52. The Bertz CT molecular complexity index is 1200. The number of aryl methyl sites for hydroxylation is 3. The van der Waals surface area contributed by atoms with Crippen molar-refractivity contribution < 1.29 is 22.5 Å². The van der Waals surface area contributed by atoms with Gasteiger partial charge in [0.1, 0.15) is 16.1 Å². The largest absolute Gasteiger partial charge is 0.360 e. The van der Waals surface area contributed by atoms with E-state index in [1.807, 2.05) is 23.1 Å². The number of aromatic nitrogens is 1. The number of rotatable bonds is 4. The summed E-state index contributed by atoms with van der Waals surface area (Å²) in [7, 11) is -3.71. The quantitative estimate of drug-likeness (QED) is 0.660. The summed E-state index contributed by atoms with van der Waals surface area (Å²) in [5, 5.41) is 6.70. The van der Waals surface area contributed by atoms with E-state index in [2.05, 4.69) is 16.5 Å². The Balaban J connectivity index is 1.24. The van der Waals surface area contributed by atoms with Gasteiger partial charge in [-0.3, -0.25) is 9.69 Å². The second-order valence-corrected chi connectivity index (χ2v) is 10.9. The number of hydrogen-bond acceptors (Lipinski definition) is 7. The number of amides is 3. The van der Waals surface area contributed by atoms with E-state index in [9.17, 15) is 18.0 Å². The van der Waals surface area contributed by atoms with Gasteiger partial charge in [-0.2, -0.15) is 4.31 Å². The fraction of sp³-hybridized carbons (Fsp3) is 0.500. The maximum atomic E-state index is 13.3. The van der Waals surface area contributed by atoms with Crippen molar-refractivity contribution in [3.05, 3.63) is 46.8 Å². The molecule has 10 nitrogen and oxygen atoms in total. The van der Waals surface area contributed by atoms with Gasteiger partial charge in [0.05, 0.1) is 6.67 Å². The summed E-state index contributed by atoms with van der Waals surface area (Å²) in [6.07, 6.45) is 1.82. The van der Waals surface area contributed by atoms with E-state index in [-0.39, 0.29) is 42.4 Å². The zero-order valence-corrected chi connectivity index (χ0v) is 19.5. The van der Waals surface area contributed by atoms with Crippen LogP contribution in [0.2, 0.25) is 0 Å². The summed E-state index contributed by atoms with van der Waals surface area (Å²) < 4.78 is 32.5. The zero-order valence-electron chi connectivity index (χ0n) is 18.7. The minimum Gasteiger partial charge on any atom is -0.360 e. The van der Waals surface area contributed by atoms with Gasteiger partial charge in [0.25, 0.3) is 5.91 Å². The van der Waals surface area contributed by atoms with E-state index >= 15 is 0 Å². The van der Waals surface area contributed by atoms with Crippen molar-refractivity contribution >= 4 is 22.0 Å². The third-order valence-corrected chi connectivity index (χ3v) is 9.06. The maximum absolute atomic E-state index is 13.3. The molecule has 1 spiro atoms. The van der Waals surface area contributed by atoms with Crippen molar-refractivity contribution in [3.8, 4) is 0 Å². The molecule has 1 atom stereocenters. The van der Waals surface area contributed by atoms with Crippen LogP contribution in [0.3, 0.4) is 0 Å². The molecule has 3 aliphatic rings. The summed E-state index contributed by atoms with van der Waals surface area (Å²) in [4.78, 5) is 29.4. The molecule has 2 saturated heterocycles. The highest BCUT2D eigenvalue weighted by atomic mass is 32.2. The molecule has 2 fully saturated rings. The number of sulfonamides is 1. The first-order valence-corrected chi connectivity index (χ1v) is 12.5. The second kappa shape index (κ2) is 7.93. The number of nitrogens with zero attached hydrogens (tertiary/aromatic N) is 4. The van der Waals surface area contributed by atoms with E-state index < -0.39 is 15.6 Å². The first-order valence-electron chi connectivity index (χ1n) is 11.1. The topological polar surface area (TPSA) is 116 Å². The normalized spacial score (nSPS) is 24.4. The van der Waals surface area contributed by atoms with Gasteiger partial charge >= 0.3 is 6.03 Å². The molecule has 3 amide bonds. The molecule has 1 aromatic carbocycles. The molecule has 33 heavy (non-hydrogen) atoms. The van der Waals surface area contributed by atoms with Gasteiger partial charge in [0.2, 0.25) is 10.0 Å². The summed E-state index contributed by atoms with van der Waals surface area (Å²) in [6, 6.07) is 7.63. The van der Waals surface area contributed by atoms with Crippen LogP contribution in [0.4, 0.5) is 4.79 Å². The molecule has 2 aliphatic heterocycles. The molecule has 1 unspecified atom stereocenters. The van der Waals surface area contributed by atoms with Gasteiger partial charge in [-0.1, -0.05) is 29.4 Å². The molecule has 0 saturated carbocycles. The Hall–Kier alpha value is -2.76. The number of benzene rings is 1. The van der Waals surface area contributed by atoms with Crippen molar-refractivity contribution in [2.75, 3.05) is 32.8 Å². The summed E-state index contributed by atoms with van der Waals surface area (Å²) in [6.45, 7) is 4.68. The minimum atomic E-state index is -3.71. The van der Waals surface area contributed by atoms with Gasteiger partial charge in [-0.15, -0.1) is 0 Å². The predicted octanol–water partition coefficient (Wildman–Crippen LogP) is 1.03. The summed E-state index contributed by atoms with van der Waals surface area (Å²) in [5.74, 6) is 0.0707. The average Bonchev–Trinajstić information content (AvgIpc) is 3.25. The molecule has 1 N–H and O–H groups in total. The number of urea groups is 1. The summed E-state index contributed by atoms with van der Waals surface area (Å²) >= 11 is 0. The van der Waals surface area contributed by atoms with E-state index in [0.717, 1.165) is 12.0 Å². The molecule has 1 aliphatic carbocycles. The SMILES string of the molecule is Cc1noc(C)c1S(=O)(=O)N1CCN(CN2C(=O)NC3(CCc4ccccc4C3)C2=O)CC1. The Kier molecular flexibility index (Phi) is 5.30. The molecule has 1 aromatic heterocycles. The van der Waals surface area contributed by atoms with Crippen LogP contribution in [0.15, 0.2) is 33.7 Å². The lowest BCUT2D eigenvalue weighted by molar-refractivity contribution is -0.133. The van der Waals surface area contributed by atoms with E-state index in [1.165, 1.54) is 14.8 Å². The fourth-order valence-corrected chi connectivity index (χ4v) is 6.83. The van der Waals surface area contributed by atoms with Crippen molar-refractivity contribution in [2.45, 2.75) is 43.5 Å². The van der Waals surface area contributed by atoms with Crippen molar-refractivity contribution in [1.82, 2.24) is 24.6 Å². The van der Waals surface area contributed by atoms with Gasteiger partial charge < -0.3 is 9.84 Å². The molecule has 11 heteroatoms. The van der Waals surface area contributed by atoms with E-state index in [1.54, 1.807) is 13.8 Å². The van der Waals surface area contributed by atoms with Crippen LogP contribution in [-0.4, -0.2) is 78.0 Å². The number of nitrogens with one attached hydrogen (secondary N) is 1. The number of hydrogen-bond donors (Lipinski definition) is 1. The zero-order chi connectivity index (χ0) is 23.4. The van der Waals surface area contributed by atoms with Crippen LogP contribution >= 0.6 is 0 Å². The van der Waals surface area contributed by atoms with Crippen LogP contribution in [0.1, 0.15) is 29.0 Å². The molecule has 5 rings (SSSR count). The minimum absolute atomic E-state index is 0.115. The highest BCUT2D eigenvalue weighted by Crippen LogP contribution is 2.34. The Morgan fingerprint density at radius 1 is 1.09 bits per heavy atom. The van der Waals surface area contributed by atoms with Crippen LogP contribution in [0, 0.1) is 13.8 Å². The summed E-state index contributed by atoms with van der Waals surface area (Å²) in [5.41, 5.74) is 1.77. The van der Waals surface area contributed by atoms with E-state index in [0.29, 0.717) is 31.6 Å². The number of carbonyl (C=O) groups excluding carboxylic acids is 2. The molecule has 2 aromatic rings. The average molecular weight is 474 g/mol. The Labute approximate surface area is 192 Å². The Morgan fingerprint density at radius 3 is 2.45 bits per heavy atom. The fourth-order valence-electron chi connectivity index (χ4n) is 5.11. The maximum Gasteiger partial charge on any atom is 0.326 e. The molecule has 0 radical (unpaired) electrons. The molecule has 0 bridgehead atoms. The Morgan fingerprint density at radius 2 is 1.79 bits per heavy atom. The smallest absolute Gasteiger partial charge is 0.326 e. The lowest BCUT2D eigenvalue weighted by Crippen LogP contribution is -2.54. The highest BCUT2D eigenvalue weighted by molar-refractivity contribution is 7.89. The number of carbonyl (C=O) groups is 2. The van der Waals surface area contributed by atoms with Crippen LogP contribution in [0.25, 0.3) is 0 Å². The van der Waals surface area contributed by atoms with Crippen molar-refractivity contribution in [1.29, 1.82) is 0 Å². The molecule has 176 valence electrons. The first kappa shape index (κ1) is 22.1. The third kappa shape index (κ3) is 3.64. The van der Waals surface area contributed by atoms with E-state index in [4.69, 9.17) is 4.52 Å². The number of imide groups is 1. The lowest BCUT2D eigenvalue weighted by atomic mass is 9.78. The van der Waals surface area contributed by atoms with Crippen LogP contribution in [-0.2, 0) is 27.7 Å². The van der Waals surface area contributed by atoms with Gasteiger partial charge in [0.15, 0.2) is 5.76 Å². The third-order valence-electron chi connectivity index (χ3n) is 6.92. The van der Waals surface area contributed by atoms with Gasteiger partial charge in [-0.25, -0.2) is 18.1 Å².